The fourth-order valence-corrected chi connectivity index (χ4v) is 2.89. The highest BCUT2D eigenvalue weighted by molar-refractivity contribution is 6.00. The number of anilines is 2. The Morgan fingerprint density at radius 1 is 0.615 bits per heavy atom. The van der Waals surface area contributed by atoms with Gasteiger partial charge in [-0.05, 0) is 79.3 Å². The first-order chi connectivity index (χ1) is 12.4. The predicted octanol–water partition coefficient (Wildman–Crippen LogP) is 6.23. The van der Waals surface area contributed by atoms with Gasteiger partial charge in [-0.3, -0.25) is 0 Å². The van der Waals surface area contributed by atoms with Gasteiger partial charge in [0.2, 0.25) is 0 Å². The van der Waals surface area contributed by atoms with Gasteiger partial charge >= 0.3 is 6.03 Å². The second-order valence-electron chi connectivity index (χ2n) is 6.72. The topological polar surface area (TPSA) is 41.1 Å². The van der Waals surface area contributed by atoms with Crippen LogP contribution >= 0.6 is 0 Å². The van der Waals surface area contributed by atoms with Crippen LogP contribution in [0.4, 0.5) is 16.2 Å². The summed E-state index contributed by atoms with van der Waals surface area (Å²) in [6.45, 7) is 8.22. The van der Waals surface area contributed by atoms with Crippen LogP contribution in [0.3, 0.4) is 0 Å². The van der Waals surface area contributed by atoms with Crippen molar-refractivity contribution < 1.29 is 4.79 Å². The van der Waals surface area contributed by atoms with Gasteiger partial charge in [-0.25, -0.2) is 4.79 Å². The van der Waals surface area contributed by atoms with Gasteiger partial charge in [0.1, 0.15) is 0 Å². The lowest BCUT2D eigenvalue weighted by Gasteiger charge is -2.13. The van der Waals surface area contributed by atoms with Gasteiger partial charge < -0.3 is 10.6 Å². The molecule has 0 saturated carbocycles. The Bertz CT molecular complexity index is 960. The van der Waals surface area contributed by atoms with E-state index in [-0.39, 0.29) is 6.03 Å². The maximum Gasteiger partial charge on any atom is 0.323 e. The smallest absolute Gasteiger partial charge is 0.307 e. The van der Waals surface area contributed by atoms with Crippen molar-refractivity contribution in [2.45, 2.75) is 27.7 Å². The fraction of sp³-hybridized carbons (Fsp3) is 0.174. The lowest BCUT2D eigenvalue weighted by Crippen LogP contribution is -2.20. The number of carbonyl (C=O) groups is 1. The molecule has 0 unspecified atom stereocenters. The molecule has 2 N–H and O–H groups in total. The molecule has 3 heteroatoms. The molecule has 3 nitrogen and oxygen atoms in total. The Morgan fingerprint density at radius 3 is 1.81 bits per heavy atom. The van der Waals surface area contributed by atoms with Crippen LogP contribution in [0.5, 0.6) is 0 Å². The zero-order chi connectivity index (χ0) is 18.7. The van der Waals surface area contributed by atoms with Gasteiger partial charge in [0, 0.05) is 11.4 Å². The first kappa shape index (κ1) is 17.7. The summed E-state index contributed by atoms with van der Waals surface area (Å²) in [5.74, 6) is 0. The molecular weight excluding hydrogens is 320 g/mol. The number of hydrogen-bond acceptors (Lipinski definition) is 1. The molecule has 3 rings (SSSR count). The quantitative estimate of drug-likeness (QED) is 0.581. The standard InChI is InChI=1S/C23H24N2O/c1-15-9-10-19(13-17(15)3)20-11-12-22(18(4)14-20)25-23(26)24-21-8-6-5-7-16(21)2/h5-14H,1-4H3,(H2,24,25,26). The number of urea groups is 1. The minimum atomic E-state index is -0.235. The summed E-state index contributed by atoms with van der Waals surface area (Å²) in [7, 11) is 0. The van der Waals surface area contributed by atoms with Crippen LogP contribution in [0.1, 0.15) is 22.3 Å². The van der Waals surface area contributed by atoms with E-state index in [0.29, 0.717) is 0 Å². The number of amides is 2. The molecule has 3 aromatic carbocycles. The molecule has 0 heterocycles. The van der Waals surface area contributed by atoms with E-state index in [4.69, 9.17) is 0 Å². The SMILES string of the molecule is Cc1ccc(-c2ccc(NC(=O)Nc3ccccc3C)c(C)c2)cc1C. The third-order valence-corrected chi connectivity index (χ3v) is 4.71. The van der Waals surface area contributed by atoms with Crippen LogP contribution in [-0.2, 0) is 0 Å². The molecule has 2 amide bonds. The third-order valence-electron chi connectivity index (χ3n) is 4.71. The largest absolute Gasteiger partial charge is 0.323 e. The summed E-state index contributed by atoms with van der Waals surface area (Å²) in [6, 6.07) is 20.1. The molecule has 0 aromatic heterocycles. The number of nitrogens with one attached hydrogen (secondary N) is 2. The molecule has 0 fully saturated rings. The number of rotatable bonds is 3. The number of hydrogen-bond donors (Lipinski definition) is 2. The number of benzene rings is 3. The normalized spacial score (nSPS) is 10.5. The molecule has 0 radical (unpaired) electrons. The van der Waals surface area contributed by atoms with Crippen molar-refractivity contribution in [1.82, 2.24) is 0 Å². The van der Waals surface area contributed by atoms with Crippen molar-refractivity contribution in [3.8, 4) is 11.1 Å². The van der Waals surface area contributed by atoms with Gasteiger partial charge in [-0.1, -0.05) is 42.5 Å². The summed E-state index contributed by atoms with van der Waals surface area (Å²) in [4.78, 5) is 12.3. The Hall–Kier alpha value is -3.07. The average Bonchev–Trinajstić information content (AvgIpc) is 2.61. The van der Waals surface area contributed by atoms with Crippen LogP contribution < -0.4 is 10.6 Å². The Kier molecular flexibility index (Phi) is 5.08. The van der Waals surface area contributed by atoms with E-state index in [9.17, 15) is 4.79 Å². The molecule has 0 aliphatic carbocycles. The second kappa shape index (κ2) is 7.44. The van der Waals surface area contributed by atoms with Gasteiger partial charge in [-0.15, -0.1) is 0 Å². The molecule has 26 heavy (non-hydrogen) atoms. The third kappa shape index (κ3) is 3.94. The maximum atomic E-state index is 12.3. The minimum Gasteiger partial charge on any atom is -0.307 e. The Morgan fingerprint density at radius 2 is 1.19 bits per heavy atom. The molecule has 0 bridgehead atoms. The van der Waals surface area contributed by atoms with E-state index in [0.717, 1.165) is 28.1 Å². The van der Waals surface area contributed by atoms with E-state index < -0.39 is 0 Å². The van der Waals surface area contributed by atoms with E-state index in [1.807, 2.05) is 50.2 Å². The second-order valence-corrected chi connectivity index (χ2v) is 6.72. The molecule has 0 atom stereocenters. The summed E-state index contributed by atoms with van der Waals surface area (Å²) in [5.41, 5.74) is 8.59. The summed E-state index contributed by atoms with van der Waals surface area (Å²) in [5, 5.41) is 5.83. The van der Waals surface area contributed by atoms with Gasteiger partial charge in [0.25, 0.3) is 0 Å². The molecule has 0 saturated heterocycles. The van der Waals surface area contributed by atoms with E-state index >= 15 is 0 Å². The van der Waals surface area contributed by atoms with Gasteiger partial charge in [-0.2, -0.15) is 0 Å². The van der Waals surface area contributed by atoms with Crippen LogP contribution in [0.15, 0.2) is 60.7 Å². The average molecular weight is 344 g/mol. The summed E-state index contributed by atoms with van der Waals surface area (Å²) in [6.07, 6.45) is 0. The predicted molar refractivity (Wildman–Crippen MR) is 110 cm³/mol. The van der Waals surface area contributed by atoms with Crippen molar-refractivity contribution >= 4 is 17.4 Å². The summed E-state index contributed by atoms with van der Waals surface area (Å²) >= 11 is 0. The maximum absolute atomic E-state index is 12.3. The van der Waals surface area contributed by atoms with Crippen LogP contribution in [0.25, 0.3) is 11.1 Å². The van der Waals surface area contributed by atoms with E-state index in [1.54, 1.807) is 0 Å². The molecule has 132 valence electrons. The minimum absolute atomic E-state index is 0.235. The van der Waals surface area contributed by atoms with Crippen LogP contribution in [0.2, 0.25) is 0 Å². The van der Waals surface area contributed by atoms with Gasteiger partial charge in [0.15, 0.2) is 0 Å². The van der Waals surface area contributed by atoms with Crippen LogP contribution in [0, 0.1) is 27.7 Å². The Balaban J connectivity index is 1.76. The lowest BCUT2D eigenvalue weighted by atomic mass is 9.99. The van der Waals surface area contributed by atoms with Crippen LogP contribution in [-0.4, -0.2) is 6.03 Å². The van der Waals surface area contributed by atoms with Crippen molar-refractivity contribution in [3.63, 3.8) is 0 Å². The lowest BCUT2D eigenvalue weighted by molar-refractivity contribution is 0.262. The molecule has 0 aliphatic heterocycles. The van der Waals surface area contributed by atoms with E-state index in [2.05, 4.69) is 48.7 Å². The zero-order valence-corrected chi connectivity index (χ0v) is 15.7. The number of carbonyl (C=O) groups excluding carboxylic acids is 1. The Labute approximate surface area is 155 Å². The monoisotopic (exact) mass is 344 g/mol. The fourth-order valence-electron chi connectivity index (χ4n) is 2.89. The highest BCUT2D eigenvalue weighted by Crippen LogP contribution is 2.26. The number of para-hydroxylation sites is 1. The van der Waals surface area contributed by atoms with Crippen molar-refractivity contribution in [3.05, 3.63) is 82.9 Å². The first-order valence-electron chi connectivity index (χ1n) is 8.76. The van der Waals surface area contributed by atoms with E-state index in [1.165, 1.54) is 16.7 Å². The molecule has 0 spiro atoms. The van der Waals surface area contributed by atoms with Crippen molar-refractivity contribution in [2.75, 3.05) is 10.6 Å². The molecule has 3 aromatic rings. The molecular formula is C23H24N2O. The van der Waals surface area contributed by atoms with Gasteiger partial charge in [0.05, 0.1) is 0 Å². The first-order valence-corrected chi connectivity index (χ1v) is 8.76. The molecule has 0 aliphatic rings. The van der Waals surface area contributed by atoms with Crippen molar-refractivity contribution in [2.24, 2.45) is 0 Å². The van der Waals surface area contributed by atoms with Crippen molar-refractivity contribution in [1.29, 1.82) is 0 Å². The number of aryl methyl sites for hydroxylation is 4. The highest BCUT2D eigenvalue weighted by Gasteiger charge is 2.08. The highest BCUT2D eigenvalue weighted by atomic mass is 16.2. The zero-order valence-electron chi connectivity index (χ0n) is 15.7. The summed E-state index contributed by atoms with van der Waals surface area (Å²) < 4.78 is 0.